The van der Waals surface area contributed by atoms with Crippen LogP contribution in [0.2, 0.25) is 0 Å². The van der Waals surface area contributed by atoms with Crippen molar-refractivity contribution in [2.24, 2.45) is 4.99 Å². The summed E-state index contributed by atoms with van der Waals surface area (Å²) in [5, 5.41) is 18.2. The zero-order valence-corrected chi connectivity index (χ0v) is 15.4. The van der Waals surface area contributed by atoms with Gasteiger partial charge in [-0.15, -0.1) is 0 Å². The largest absolute Gasteiger partial charge is 0.481 e. The average Bonchev–Trinajstić information content (AvgIpc) is 2.68. The molecule has 1 amide bonds. The molecule has 2 heterocycles. The molecule has 1 aromatic rings. The first-order valence-corrected chi connectivity index (χ1v) is 9.51. The van der Waals surface area contributed by atoms with Gasteiger partial charge in [-0.1, -0.05) is 6.07 Å². The molecule has 0 saturated carbocycles. The van der Waals surface area contributed by atoms with Gasteiger partial charge in [0, 0.05) is 50.0 Å². The Morgan fingerprint density at radius 2 is 2.07 bits per heavy atom. The molecule has 2 aliphatic heterocycles. The van der Waals surface area contributed by atoms with Crippen molar-refractivity contribution in [3.8, 4) is 0 Å². The highest BCUT2D eigenvalue weighted by molar-refractivity contribution is 5.94. The lowest BCUT2D eigenvalue weighted by Gasteiger charge is -2.34. The Labute approximate surface area is 159 Å². The van der Waals surface area contributed by atoms with Crippen LogP contribution in [0.4, 0.5) is 11.4 Å². The number of piperidine rings is 1. The number of hydrogen-bond acceptors (Lipinski definition) is 6. The van der Waals surface area contributed by atoms with E-state index in [2.05, 4.69) is 38.0 Å². The van der Waals surface area contributed by atoms with Crippen molar-refractivity contribution in [1.82, 2.24) is 10.6 Å². The Morgan fingerprint density at radius 3 is 2.78 bits per heavy atom. The fourth-order valence-electron chi connectivity index (χ4n) is 3.34. The fourth-order valence-corrected chi connectivity index (χ4v) is 3.34. The fraction of sp³-hybridized carbons (Fsp3) is 0.526. The number of carbonyl (C=O) groups is 2. The molecule has 0 aromatic heterocycles. The Morgan fingerprint density at radius 1 is 1.26 bits per heavy atom. The molecule has 2 aliphatic rings. The van der Waals surface area contributed by atoms with Crippen LogP contribution in [0.3, 0.4) is 0 Å². The van der Waals surface area contributed by atoms with E-state index >= 15 is 0 Å². The third kappa shape index (κ3) is 5.87. The van der Waals surface area contributed by atoms with Gasteiger partial charge in [0.1, 0.15) is 0 Å². The number of rotatable bonds is 6. The number of carboxylic acids is 1. The van der Waals surface area contributed by atoms with Crippen molar-refractivity contribution >= 4 is 29.2 Å². The molecule has 3 rings (SSSR count). The zero-order valence-electron chi connectivity index (χ0n) is 15.4. The number of anilines is 2. The third-order valence-corrected chi connectivity index (χ3v) is 4.80. The SMILES string of the molecule is O=C(O)CCC(=O)NC1CCN(c2cccc(NC3=NCCCN3)c2)CC1. The molecular weight excluding hydrogens is 346 g/mol. The van der Waals surface area contributed by atoms with Crippen LogP contribution in [-0.4, -0.2) is 55.2 Å². The first kappa shape index (κ1) is 19.0. The van der Waals surface area contributed by atoms with Crippen LogP contribution in [0.1, 0.15) is 32.1 Å². The summed E-state index contributed by atoms with van der Waals surface area (Å²) in [7, 11) is 0. The van der Waals surface area contributed by atoms with Crippen molar-refractivity contribution in [1.29, 1.82) is 0 Å². The lowest BCUT2D eigenvalue weighted by Crippen LogP contribution is -2.44. The average molecular weight is 373 g/mol. The minimum atomic E-state index is -0.942. The molecule has 146 valence electrons. The maximum atomic E-state index is 11.8. The topological polar surface area (TPSA) is 106 Å². The molecule has 27 heavy (non-hydrogen) atoms. The number of hydrogen-bond donors (Lipinski definition) is 4. The summed E-state index contributed by atoms with van der Waals surface area (Å²) in [6.45, 7) is 3.50. The predicted octanol–water partition coefficient (Wildman–Crippen LogP) is 1.40. The Hall–Kier alpha value is -2.77. The van der Waals surface area contributed by atoms with Crippen LogP contribution in [0.5, 0.6) is 0 Å². The van der Waals surface area contributed by atoms with E-state index in [4.69, 9.17) is 5.11 Å². The standard InChI is InChI=1S/C19H27N5O3/c25-17(5-6-18(26)27)22-14-7-11-24(12-8-14)16-4-1-3-15(13-16)23-19-20-9-2-10-21-19/h1,3-4,13-14H,2,5-12H2,(H,22,25)(H,26,27)(H2,20,21,23). The molecule has 8 heteroatoms. The normalized spacial score (nSPS) is 17.6. The van der Waals surface area contributed by atoms with E-state index in [0.717, 1.165) is 62.8 Å². The molecule has 0 bridgehead atoms. The van der Waals surface area contributed by atoms with Gasteiger partial charge in [0.2, 0.25) is 5.91 Å². The van der Waals surface area contributed by atoms with Gasteiger partial charge >= 0.3 is 5.97 Å². The number of aliphatic imine (C=N–C) groups is 1. The van der Waals surface area contributed by atoms with Crippen LogP contribution in [0.25, 0.3) is 0 Å². The van der Waals surface area contributed by atoms with Crippen LogP contribution in [0, 0.1) is 0 Å². The molecule has 1 aromatic carbocycles. The van der Waals surface area contributed by atoms with Crippen molar-refractivity contribution < 1.29 is 14.7 Å². The number of benzene rings is 1. The van der Waals surface area contributed by atoms with Gasteiger partial charge in [-0.05, 0) is 37.5 Å². The summed E-state index contributed by atoms with van der Waals surface area (Å²) in [4.78, 5) is 29.1. The summed E-state index contributed by atoms with van der Waals surface area (Å²) in [6, 6.07) is 8.38. The van der Waals surface area contributed by atoms with Crippen LogP contribution < -0.4 is 20.9 Å². The van der Waals surface area contributed by atoms with E-state index in [1.54, 1.807) is 0 Å². The Kier molecular flexibility index (Phi) is 6.51. The second-order valence-electron chi connectivity index (χ2n) is 6.91. The molecule has 0 aliphatic carbocycles. The number of nitrogens with one attached hydrogen (secondary N) is 3. The highest BCUT2D eigenvalue weighted by Gasteiger charge is 2.21. The third-order valence-electron chi connectivity index (χ3n) is 4.80. The molecule has 1 fully saturated rings. The van der Waals surface area contributed by atoms with Crippen molar-refractivity contribution in [3.05, 3.63) is 24.3 Å². The Balaban J connectivity index is 1.49. The minimum Gasteiger partial charge on any atom is -0.481 e. The first-order valence-electron chi connectivity index (χ1n) is 9.51. The number of amides is 1. The van der Waals surface area contributed by atoms with Gasteiger partial charge < -0.3 is 26.0 Å². The van der Waals surface area contributed by atoms with Crippen molar-refractivity contribution in [2.45, 2.75) is 38.1 Å². The summed E-state index contributed by atoms with van der Waals surface area (Å²) < 4.78 is 0. The van der Waals surface area contributed by atoms with E-state index in [1.165, 1.54) is 0 Å². The summed E-state index contributed by atoms with van der Waals surface area (Å²) >= 11 is 0. The number of carboxylic acid groups (broad SMARTS) is 1. The maximum absolute atomic E-state index is 11.8. The highest BCUT2D eigenvalue weighted by atomic mass is 16.4. The molecular formula is C19H27N5O3. The van der Waals surface area contributed by atoms with Crippen LogP contribution in [0.15, 0.2) is 29.3 Å². The monoisotopic (exact) mass is 373 g/mol. The zero-order chi connectivity index (χ0) is 19.1. The summed E-state index contributed by atoms with van der Waals surface area (Å²) in [5.41, 5.74) is 2.15. The van der Waals surface area contributed by atoms with E-state index in [9.17, 15) is 9.59 Å². The van der Waals surface area contributed by atoms with E-state index in [1.807, 2.05) is 12.1 Å². The minimum absolute atomic E-state index is 0.0428. The molecule has 8 nitrogen and oxygen atoms in total. The number of carbonyl (C=O) groups excluding carboxylic acids is 1. The second kappa shape index (κ2) is 9.25. The van der Waals surface area contributed by atoms with Gasteiger partial charge in [0.25, 0.3) is 0 Å². The van der Waals surface area contributed by atoms with Gasteiger partial charge in [-0.3, -0.25) is 14.6 Å². The number of guanidine groups is 1. The summed E-state index contributed by atoms with van der Waals surface area (Å²) in [5.74, 6) is -0.299. The van der Waals surface area contributed by atoms with Gasteiger partial charge in [0.15, 0.2) is 5.96 Å². The van der Waals surface area contributed by atoms with Crippen LogP contribution >= 0.6 is 0 Å². The lowest BCUT2D eigenvalue weighted by atomic mass is 10.0. The molecule has 0 radical (unpaired) electrons. The molecule has 1 saturated heterocycles. The molecule has 0 unspecified atom stereocenters. The van der Waals surface area contributed by atoms with E-state index < -0.39 is 5.97 Å². The smallest absolute Gasteiger partial charge is 0.303 e. The van der Waals surface area contributed by atoms with E-state index in [0.29, 0.717) is 0 Å². The number of nitrogens with zero attached hydrogens (tertiary/aromatic N) is 2. The first-order chi connectivity index (χ1) is 13.1. The van der Waals surface area contributed by atoms with Gasteiger partial charge in [-0.25, -0.2) is 0 Å². The lowest BCUT2D eigenvalue weighted by molar-refractivity contribution is -0.138. The molecule has 4 N–H and O–H groups in total. The predicted molar refractivity (Wildman–Crippen MR) is 105 cm³/mol. The molecule has 0 spiro atoms. The van der Waals surface area contributed by atoms with Gasteiger partial charge in [0.05, 0.1) is 6.42 Å². The number of aliphatic carboxylic acids is 1. The highest BCUT2D eigenvalue weighted by Crippen LogP contribution is 2.23. The molecule has 0 atom stereocenters. The van der Waals surface area contributed by atoms with E-state index in [-0.39, 0.29) is 24.8 Å². The quantitative estimate of drug-likeness (QED) is 0.601. The summed E-state index contributed by atoms with van der Waals surface area (Å²) in [6.07, 6.45) is 2.69. The van der Waals surface area contributed by atoms with Gasteiger partial charge in [-0.2, -0.15) is 0 Å². The Bertz CT molecular complexity index is 698. The second-order valence-corrected chi connectivity index (χ2v) is 6.91. The van der Waals surface area contributed by atoms with Crippen molar-refractivity contribution in [2.75, 3.05) is 36.4 Å². The van der Waals surface area contributed by atoms with Crippen LogP contribution in [-0.2, 0) is 9.59 Å². The maximum Gasteiger partial charge on any atom is 0.303 e. The van der Waals surface area contributed by atoms with Crippen molar-refractivity contribution in [3.63, 3.8) is 0 Å².